The Bertz CT molecular complexity index is 1020. The fourth-order valence-corrected chi connectivity index (χ4v) is 3.54. The lowest BCUT2D eigenvalue weighted by Crippen LogP contribution is -2.16. The van der Waals surface area contributed by atoms with Gasteiger partial charge in [0, 0.05) is 11.3 Å². The van der Waals surface area contributed by atoms with Gasteiger partial charge in [0.25, 0.3) is 5.91 Å². The van der Waals surface area contributed by atoms with E-state index in [1.54, 1.807) is 24.3 Å². The summed E-state index contributed by atoms with van der Waals surface area (Å²) in [5.41, 5.74) is 7.14. The van der Waals surface area contributed by atoms with Gasteiger partial charge in [0.2, 0.25) is 11.9 Å². The number of nitrogens with zero attached hydrogens (tertiary/aromatic N) is 3. The highest BCUT2D eigenvalue weighted by molar-refractivity contribution is 5.97. The Morgan fingerprint density at radius 3 is 2.35 bits per heavy atom. The van der Waals surface area contributed by atoms with E-state index in [4.69, 9.17) is 15.2 Å². The van der Waals surface area contributed by atoms with Crippen molar-refractivity contribution in [3.05, 3.63) is 54.1 Å². The number of rotatable bonds is 7. The third-order valence-electron chi connectivity index (χ3n) is 5.01. The van der Waals surface area contributed by atoms with E-state index in [0.717, 1.165) is 29.0 Å². The Hall–Kier alpha value is -3.55. The third-order valence-corrected chi connectivity index (χ3v) is 5.01. The number of nitrogens with one attached hydrogen (secondary N) is 1. The molecule has 1 aliphatic rings. The first-order valence-electron chi connectivity index (χ1n) is 10.6. The zero-order valence-electron chi connectivity index (χ0n) is 17.7. The minimum atomic E-state index is -0.366. The smallest absolute Gasteiger partial charge is 0.281 e. The molecule has 3 N–H and O–H groups in total. The van der Waals surface area contributed by atoms with E-state index in [-0.39, 0.29) is 23.9 Å². The van der Waals surface area contributed by atoms with Crippen LogP contribution in [0.3, 0.4) is 0 Å². The van der Waals surface area contributed by atoms with Gasteiger partial charge in [-0.15, -0.1) is 5.10 Å². The van der Waals surface area contributed by atoms with Crippen molar-refractivity contribution >= 4 is 23.5 Å². The molecular formula is C23H27N5O3. The summed E-state index contributed by atoms with van der Waals surface area (Å²) in [6.45, 7) is 3.89. The van der Waals surface area contributed by atoms with Gasteiger partial charge < -0.3 is 20.5 Å². The van der Waals surface area contributed by atoms with Crippen molar-refractivity contribution in [1.29, 1.82) is 0 Å². The normalized spacial score (nSPS) is 14.0. The summed E-state index contributed by atoms with van der Waals surface area (Å²) < 4.78 is 12.7. The Morgan fingerprint density at radius 1 is 1.06 bits per heavy atom. The molecule has 1 aliphatic carbocycles. The van der Waals surface area contributed by atoms with Crippen LogP contribution in [-0.2, 0) is 0 Å². The minimum absolute atomic E-state index is 0.0104. The molecule has 0 radical (unpaired) electrons. The number of benzene rings is 2. The molecule has 8 heteroatoms. The Balaban J connectivity index is 1.41. The second-order valence-corrected chi connectivity index (χ2v) is 7.88. The molecule has 3 aromatic rings. The molecule has 0 spiro atoms. The van der Waals surface area contributed by atoms with Crippen molar-refractivity contribution < 1.29 is 14.3 Å². The maximum atomic E-state index is 12.8. The van der Waals surface area contributed by atoms with Crippen LogP contribution in [0.4, 0.5) is 17.6 Å². The standard InChI is InChI=1S/C23H27N5O3/c1-15(2)30-19-11-7-16(8-12-19)21(29)28-22(24)26-23(27-28)25-17-9-13-20(14-10-17)31-18-5-3-4-6-18/h7-15,18H,3-6H2,1-2H3,(H3,24,25,26,27). The highest BCUT2D eigenvalue weighted by Gasteiger charge is 2.18. The zero-order valence-corrected chi connectivity index (χ0v) is 17.7. The van der Waals surface area contributed by atoms with Crippen LogP contribution in [0.25, 0.3) is 0 Å². The molecular weight excluding hydrogens is 394 g/mol. The molecule has 1 fully saturated rings. The number of aromatic nitrogens is 3. The Kier molecular flexibility index (Phi) is 6.06. The van der Waals surface area contributed by atoms with Gasteiger partial charge in [0.1, 0.15) is 11.5 Å². The van der Waals surface area contributed by atoms with Crippen LogP contribution < -0.4 is 20.5 Å². The summed E-state index contributed by atoms with van der Waals surface area (Å²) in [5.74, 6) is 1.43. The molecule has 1 heterocycles. The van der Waals surface area contributed by atoms with Crippen LogP contribution in [0, 0.1) is 0 Å². The summed E-state index contributed by atoms with van der Waals surface area (Å²) >= 11 is 0. The summed E-state index contributed by atoms with van der Waals surface area (Å²) in [6.07, 6.45) is 5.06. The van der Waals surface area contributed by atoms with Crippen molar-refractivity contribution in [2.75, 3.05) is 11.1 Å². The molecule has 0 bridgehead atoms. The third kappa shape index (κ3) is 5.14. The number of ether oxygens (including phenoxy) is 2. The highest BCUT2D eigenvalue weighted by atomic mass is 16.5. The predicted molar refractivity (Wildman–Crippen MR) is 119 cm³/mol. The van der Waals surface area contributed by atoms with E-state index in [9.17, 15) is 4.79 Å². The molecule has 1 saturated carbocycles. The molecule has 162 valence electrons. The Labute approximate surface area is 181 Å². The van der Waals surface area contributed by atoms with Gasteiger partial charge in [0.05, 0.1) is 12.2 Å². The molecule has 0 saturated heterocycles. The van der Waals surface area contributed by atoms with Gasteiger partial charge in [0.15, 0.2) is 0 Å². The van der Waals surface area contributed by atoms with Gasteiger partial charge in [-0.1, -0.05) is 0 Å². The molecule has 4 rings (SSSR count). The van der Waals surface area contributed by atoms with Crippen molar-refractivity contribution in [1.82, 2.24) is 14.8 Å². The molecule has 0 unspecified atom stereocenters. The van der Waals surface area contributed by atoms with E-state index in [1.165, 1.54) is 12.8 Å². The maximum absolute atomic E-state index is 12.8. The first kappa shape index (κ1) is 20.7. The van der Waals surface area contributed by atoms with Crippen LogP contribution in [0.5, 0.6) is 11.5 Å². The molecule has 1 aromatic heterocycles. The average molecular weight is 422 g/mol. The van der Waals surface area contributed by atoms with E-state index in [0.29, 0.717) is 17.4 Å². The first-order chi connectivity index (χ1) is 15.0. The number of hydrogen-bond acceptors (Lipinski definition) is 7. The average Bonchev–Trinajstić information content (AvgIpc) is 3.38. The molecule has 31 heavy (non-hydrogen) atoms. The number of hydrogen-bond donors (Lipinski definition) is 2. The van der Waals surface area contributed by atoms with Crippen LogP contribution >= 0.6 is 0 Å². The summed E-state index contributed by atoms with van der Waals surface area (Å²) in [6, 6.07) is 14.4. The topological polar surface area (TPSA) is 104 Å². The Morgan fingerprint density at radius 2 is 1.71 bits per heavy atom. The number of nitrogens with two attached hydrogens (primary N) is 1. The number of nitrogen functional groups attached to an aromatic ring is 1. The van der Waals surface area contributed by atoms with Crippen molar-refractivity contribution in [2.45, 2.75) is 51.7 Å². The molecule has 0 aliphatic heterocycles. The summed E-state index contributed by atoms with van der Waals surface area (Å²) in [4.78, 5) is 16.9. The van der Waals surface area contributed by atoms with Crippen LogP contribution in [-0.4, -0.2) is 32.9 Å². The van der Waals surface area contributed by atoms with Crippen LogP contribution in [0.15, 0.2) is 48.5 Å². The van der Waals surface area contributed by atoms with Crippen molar-refractivity contribution in [3.8, 4) is 11.5 Å². The lowest BCUT2D eigenvalue weighted by Gasteiger charge is -2.13. The quantitative estimate of drug-likeness (QED) is 0.582. The van der Waals surface area contributed by atoms with Crippen molar-refractivity contribution in [2.24, 2.45) is 0 Å². The molecule has 2 aromatic carbocycles. The zero-order chi connectivity index (χ0) is 21.8. The van der Waals surface area contributed by atoms with Gasteiger partial charge in [-0.2, -0.15) is 9.67 Å². The number of carbonyl (C=O) groups excluding carboxylic acids is 1. The second kappa shape index (κ2) is 9.07. The van der Waals surface area contributed by atoms with Gasteiger partial charge in [-0.25, -0.2) is 0 Å². The predicted octanol–water partition coefficient (Wildman–Crippen LogP) is 4.40. The van der Waals surface area contributed by atoms with E-state index in [1.807, 2.05) is 38.1 Å². The number of carbonyl (C=O) groups is 1. The van der Waals surface area contributed by atoms with Gasteiger partial charge in [-0.05, 0) is 88.1 Å². The first-order valence-corrected chi connectivity index (χ1v) is 10.6. The fraction of sp³-hybridized carbons (Fsp3) is 0.348. The van der Waals surface area contributed by atoms with Crippen LogP contribution in [0.2, 0.25) is 0 Å². The highest BCUT2D eigenvalue weighted by Crippen LogP contribution is 2.26. The lowest BCUT2D eigenvalue weighted by atomic mass is 10.2. The number of anilines is 3. The SMILES string of the molecule is CC(C)Oc1ccc(C(=O)n2nc(Nc3ccc(OC4CCCC4)cc3)nc2N)cc1. The van der Waals surface area contributed by atoms with Gasteiger partial charge >= 0.3 is 0 Å². The maximum Gasteiger partial charge on any atom is 0.281 e. The largest absolute Gasteiger partial charge is 0.491 e. The second-order valence-electron chi connectivity index (χ2n) is 7.88. The fourth-order valence-electron chi connectivity index (χ4n) is 3.54. The molecule has 0 amide bonds. The molecule has 8 nitrogen and oxygen atoms in total. The van der Waals surface area contributed by atoms with Crippen molar-refractivity contribution in [3.63, 3.8) is 0 Å². The minimum Gasteiger partial charge on any atom is -0.491 e. The van der Waals surface area contributed by atoms with E-state index >= 15 is 0 Å². The van der Waals surface area contributed by atoms with Gasteiger partial charge in [-0.3, -0.25) is 4.79 Å². The monoisotopic (exact) mass is 421 g/mol. The lowest BCUT2D eigenvalue weighted by molar-refractivity contribution is 0.0948. The van der Waals surface area contributed by atoms with Crippen LogP contribution in [0.1, 0.15) is 49.9 Å². The molecule has 0 atom stereocenters. The van der Waals surface area contributed by atoms with E-state index in [2.05, 4.69) is 15.4 Å². The van der Waals surface area contributed by atoms with E-state index < -0.39 is 0 Å². The summed E-state index contributed by atoms with van der Waals surface area (Å²) in [7, 11) is 0. The summed E-state index contributed by atoms with van der Waals surface area (Å²) in [5, 5.41) is 7.29.